The van der Waals surface area contributed by atoms with Crippen molar-refractivity contribution in [1.29, 1.82) is 5.26 Å². The number of aryl methyl sites for hydroxylation is 2. The van der Waals surface area contributed by atoms with Crippen LogP contribution in [0.3, 0.4) is 0 Å². The van der Waals surface area contributed by atoms with E-state index in [1.807, 2.05) is 6.07 Å². The van der Waals surface area contributed by atoms with Crippen LogP contribution >= 0.6 is 11.8 Å². The summed E-state index contributed by atoms with van der Waals surface area (Å²) in [6.45, 7) is 1.60. The van der Waals surface area contributed by atoms with Crippen LogP contribution in [0, 0.1) is 11.3 Å². The van der Waals surface area contributed by atoms with Gasteiger partial charge in [0, 0.05) is 5.69 Å². The number of thioether (sulfide) groups is 1. The summed E-state index contributed by atoms with van der Waals surface area (Å²) in [5, 5.41) is 17.9. The molecule has 0 unspecified atom stereocenters. The van der Waals surface area contributed by atoms with E-state index in [4.69, 9.17) is 10.4 Å². The van der Waals surface area contributed by atoms with E-state index in [2.05, 4.69) is 11.1 Å². The van der Waals surface area contributed by atoms with Crippen LogP contribution in [-0.2, 0) is 17.6 Å². The minimum atomic E-state index is -0.888. The van der Waals surface area contributed by atoms with Crippen LogP contribution in [0.5, 0.6) is 0 Å². The number of aromatic nitrogens is 1. The Morgan fingerprint density at radius 2 is 2.41 bits per heavy atom. The van der Waals surface area contributed by atoms with Crippen LogP contribution in [0.25, 0.3) is 0 Å². The molecule has 0 bridgehead atoms. The van der Waals surface area contributed by atoms with Gasteiger partial charge in [-0.2, -0.15) is 5.26 Å². The second kappa shape index (κ2) is 4.76. The summed E-state index contributed by atoms with van der Waals surface area (Å²) < 4.78 is 0. The van der Waals surface area contributed by atoms with Crippen molar-refractivity contribution in [2.45, 2.75) is 36.5 Å². The van der Waals surface area contributed by atoms with E-state index in [0.29, 0.717) is 10.6 Å². The molecule has 0 radical (unpaired) electrons. The zero-order valence-corrected chi connectivity index (χ0v) is 10.3. The van der Waals surface area contributed by atoms with E-state index in [-0.39, 0.29) is 0 Å². The zero-order chi connectivity index (χ0) is 12.4. The molecule has 1 heterocycles. The van der Waals surface area contributed by atoms with Gasteiger partial charge in [-0.1, -0.05) is 11.8 Å². The van der Waals surface area contributed by atoms with Gasteiger partial charge in [0.05, 0.1) is 5.56 Å². The summed E-state index contributed by atoms with van der Waals surface area (Å²) in [5.74, 6) is -0.888. The fourth-order valence-corrected chi connectivity index (χ4v) is 2.67. The highest BCUT2D eigenvalue weighted by atomic mass is 32.2. The van der Waals surface area contributed by atoms with Crippen LogP contribution in [0.2, 0.25) is 0 Å². The van der Waals surface area contributed by atoms with Crippen molar-refractivity contribution in [2.24, 2.45) is 0 Å². The lowest BCUT2D eigenvalue weighted by atomic mass is 10.2. The lowest BCUT2D eigenvalue weighted by Crippen LogP contribution is -2.12. The Bertz CT molecular complexity index is 508. The third-order valence-corrected chi connectivity index (χ3v) is 3.86. The van der Waals surface area contributed by atoms with Crippen molar-refractivity contribution < 1.29 is 9.90 Å². The van der Waals surface area contributed by atoms with E-state index in [0.717, 1.165) is 42.3 Å². The van der Waals surface area contributed by atoms with E-state index in [1.54, 1.807) is 6.92 Å². The van der Waals surface area contributed by atoms with Crippen LogP contribution in [0.15, 0.2) is 11.1 Å². The second-order valence-corrected chi connectivity index (χ2v) is 5.34. The second-order valence-electron chi connectivity index (χ2n) is 4.01. The maximum atomic E-state index is 10.8. The lowest BCUT2D eigenvalue weighted by Gasteiger charge is -2.09. The van der Waals surface area contributed by atoms with E-state index in [1.165, 1.54) is 0 Å². The van der Waals surface area contributed by atoms with Crippen molar-refractivity contribution in [2.75, 3.05) is 0 Å². The van der Waals surface area contributed by atoms with Crippen LogP contribution in [-0.4, -0.2) is 21.3 Å². The Balaban J connectivity index is 2.33. The standard InChI is InChI=1S/C12H12N2O2S/c1-7(12(15)16)17-11-9(6-13)5-8-3-2-4-10(8)14-11/h5,7H,2-4H2,1H3,(H,15,16)/t7-/m1/s1. The molecule has 2 rings (SSSR count). The molecule has 0 aliphatic heterocycles. The number of carboxylic acids is 1. The molecule has 1 atom stereocenters. The number of carbonyl (C=O) groups is 1. The minimum absolute atomic E-state index is 0.490. The van der Waals surface area contributed by atoms with Gasteiger partial charge in [-0.05, 0) is 37.8 Å². The number of nitrogens with zero attached hydrogens (tertiary/aromatic N) is 2. The number of hydrogen-bond donors (Lipinski definition) is 1. The minimum Gasteiger partial charge on any atom is -0.480 e. The lowest BCUT2D eigenvalue weighted by molar-refractivity contribution is -0.136. The summed E-state index contributed by atoms with van der Waals surface area (Å²) in [4.78, 5) is 15.2. The molecule has 5 heteroatoms. The quantitative estimate of drug-likeness (QED) is 0.828. The summed E-state index contributed by atoms with van der Waals surface area (Å²) in [5.41, 5.74) is 2.64. The highest BCUT2D eigenvalue weighted by Gasteiger charge is 2.20. The fraction of sp³-hybridized carbons (Fsp3) is 0.417. The Kier molecular flexibility index (Phi) is 3.34. The molecule has 1 aliphatic carbocycles. The van der Waals surface area contributed by atoms with Gasteiger partial charge < -0.3 is 5.11 Å². The first-order chi connectivity index (χ1) is 8.11. The predicted molar refractivity (Wildman–Crippen MR) is 63.9 cm³/mol. The van der Waals surface area contributed by atoms with Gasteiger partial charge in [0.25, 0.3) is 0 Å². The van der Waals surface area contributed by atoms with Gasteiger partial charge in [0.1, 0.15) is 16.3 Å². The highest BCUT2D eigenvalue weighted by Crippen LogP contribution is 2.29. The van der Waals surface area contributed by atoms with Crippen molar-refractivity contribution >= 4 is 17.7 Å². The summed E-state index contributed by atoms with van der Waals surface area (Å²) >= 11 is 1.14. The van der Waals surface area contributed by atoms with E-state index in [9.17, 15) is 4.79 Å². The van der Waals surface area contributed by atoms with E-state index < -0.39 is 11.2 Å². The van der Waals surface area contributed by atoms with Crippen molar-refractivity contribution in [3.05, 3.63) is 22.9 Å². The molecule has 4 nitrogen and oxygen atoms in total. The van der Waals surface area contributed by atoms with Crippen LogP contribution < -0.4 is 0 Å². The molecular weight excluding hydrogens is 236 g/mol. The van der Waals surface area contributed by atoms with Gasteiger partial charge in [-0.25, -0.2) is 4.98 Å². The van der Waals surface area contributed by atoms with Crippen molar-refractivity contribution in [1.82, 2.24) is 4.98 Å². The molecular formula is C12H12N2O2S. The third kappa shape index (κ3) is 2.42. The normalized spacial score (nSPS) is 15.1. The Morgan fingerprint density at radius 1 is 1.65 bits per heavy atom. The van der Waals surface area contributed by atoms with Gasteiger partial charge in [-0.15, -0.1) is 0 Å². The SMILES string of the molecule is C[C@@H](Sc1nc2c(cc1C#N)CCC2)C(=O)O. The topological polar surface area (TPSA) is 74.0 Å². The Labute approximate surface area is 104 Å². The number of fused-ring (bicyclic) bond motifs is 1. The Hall–Kier alpha value is -1.54. The molecule has 1 N–H and O–H groups in total. The highest BCUT2D eigenvalue weighted by molar-refractivity contribution is 8.00. The molecule has 1 aliphatic rings. The molecule has 17 heavy (non-hydrogen) atoms. The predicted octanol–water partition coefficient (Wildman–Crippen LogP) is 2.01. The molecule has 0 fully saturated rings. The Morgan fingerprint density at radius 3 is 3.06 bits per heavy atom. The summed E-state index contributed by atoms with van der Waals surface area (Å²) in [6, 6.07) is 3.95. The average Bonchev–Trinajstić information content (AvgIpc) is 2.74. The summed E-state index contributed by atoms with van der Waals surface area (Å²) in [6.07, 6.45) is 2.96. The van der Waals surface area contributed by atoms with Crippen LogP contribution in [0.1, 0.15) is 30.2 Å². The van der Waals surface area contributed by atoms with E-state index >= 15 is 0 Å². The number of pyridine rings is 1. The summed E-state index contributed by atoms with van der Waals surface area (Å²) in [7, 11) is 0. The molecule has 0 amide bonds. The third-order valence-electron chi connectivity index (χ3n) is 2.77. The first-order valence-corrected chi connectivity index (χ1v) is 6.32. The maximum absolute atomic E-state index is 10.8. The number of carboxylic acid groups (broad SMARTS) is 1. The molecule has 0 saturated heterocycles. The van der Waals surface area contributed by atoms with Gasteiger partial charge in [0.15, 0.2) is 0 Å². The maximum Gasteiger partial charge on any atom is 0.316 e. The molecule has 0 saturated carbocycles. The van der Waals surface area contributed by atoms with Crippen molar-refractivity contribution in [3.8, 4) is 6.07 Å². The number of aliphatic carboxylic acids is 1. The zero-order valence-electron chi connectivity index (χ0n) is 9.43. The van der Waals surface area contributed by atoms with Gasteiger partial charge in [-0.3, -0.25) is 4.79 Å². The molecule has 1 aromatic heterocycles. The smallest absolute Gasteiger partial charge is 0.316 e. The van der Waals surface area contributed by atoms with Gasteiger partial charge >= 0.3 is 5.97 Å². The molecule has 1 aromatic rings. The molecule has 0 spiro atoms. The fourth-order valence-electron chi connectivity index (χ4n) is 1.84. The average molecular weight is 248 g/mol. The molecule has 0 aromatic carbocycles. The number of hydrogen-bond acceptors (Lipinski definition) is 4. The van der Waals surface area contributed by atoms with Crippen molar-refractivity contribution in [3.63, 3.8) is 0 Å². The first-order valence-electron chi connectivity index (χ1n) is 5.44. The molecule has 88 valence electrons. The van der Waals surface area contributed by atoms with Gasteiger partial charge in [0.2, 0.25) is 0 Å². The first kappa shape index (κ1) is 11.9. The number of rotatable bonds is 3. The largest absolute Gasteiger partial charge is 0.480 e. The van der Waals surface area contributed by atoms with Crippen LogP contribution in [0.4, 0.5) is 0 Å². The number of nitriles is 1. The monoisotopic (exact) mass is 248 g/mol.